The average Bonchev–Trinajstić information content (AvgIpc) is 2.87. The van der Waals surface area contributed by atoms with E-state index in [4.69, 9.17) is 0 Å². The molecule has 1 N–H and O–H groups in total. The zero-order valence-electron chi connectivity index (χ0n) is 12.4. The Kier molecular flexibility index (Phi) is 4.77. The van der Waals surface area contributed by atoms with Crippen LogP contribution in [0.2, 0.25) is 0 Å². The van der Waals surface area contributed by atoms with E-state index >= 15 is 0 Å². The number of hydrogen-bond acceptors (Lipinski definition) is 5. The minimum absolute atomic E-state index is 0.201. The van der Waals surface area contributed by atoms with Crippen molar-refractivity contribution in [1.29, 1.82) is 0 Å². The third-order valence-electron chi connectivity index (χ3n) is 3.21. The summed E-state index contributed by atoms with van der Waals surface area (Å²) >= 11 is 1.67. The lowest BCUT2D eigenvalue weighted by molar-refractivity contribution is 0.305. The van der Waals surface area contributed by atoms with E-state index in [1.165, 1.54) is 0 Å². The van der Waals surface area contributed by atoms with Crippen LogP contribution in [-0.4, -0.2) is 39.0 Å². The molecule has 1 aromatic carbocycles. The molecule has 1 unspecified atom stereocenters. The Morgan fingerprint density at radius 1 is 1.25 bits per heavy atom. The molecule has 6 heteroatoms. The highest BCUT2D eigenvalue weighted by Gasteiger charge is 2.24. The molecule has 2 aromatic rings. The van der Waals surface area contributed by atoms with Gasteiger partial charge in [0.2, 0.25) is 5.16 Å². The average molecular weight is 291 g/mol. The predicted molar refractivity (Wildman–Crippen MR) is 82.2 cm³/mol. The summed E-state index contributed by atoms with van der Waals surface area (Å²) in [6.07, 6.45) is 0. The van der Waals surface area contributed by atoms with Crippen LogP contribution in [0.4, 0.5) is 0 Å². The van der Waals surface area contributed by atoms with Crippen LogP contribution >= 0.6 is 11.8 Å². The molecular weight excluding hydrogens is 270 g/mol. The summed E-state index contributed by atoms with van der Waals surface area (Å²) in [6.45, 7) is 6.69. The maximum atomic E-state index is 4.12. The third-order valence-corrected chi connectivity index (χ3v) is 4.23. The van der Waals surface area contributed by atoms with Crippen LogP contribution in [0, 0.1) is 5.41 Å². The normalized spacial score (nSPS) is 13.4. The van der Waals surface area contributed by atoms with E-state index in [0.29, 0.717) is 6.04 Å². The second-order valence-electron chi connectivity index (χ2n) is 5.73. The van der Waals surface area contributed by atoms with Crippen molar-refractivity contribution in [1.82, 2.24) is 25.5 Å². The van der Waals surface area contributed by atoms with Crippen LogP contribution in [0.5, 0.6) is 0 Å². The first-order valence-corrected chi connectivity index (χ1v) is 7.65. The number of aromatic nitrogens is 4. The van der Waals surface area contributed by atoms with Crippen molar-refractivity contribution in [2.24, 2.45) is 5.41 Å². The van der Waals surface area contributed by atoms with Crippen LogP contribution in [0.25, 0.3) is 5.69 Å². The van der Waals surface area contributed by atoms with Gasteiger partial charge in [0, 0.05) is 11.8 Å². The summed E-state index contributed by atoms with van der Waals surface area (Å²) in [7, 11) is 2.00. The zero-order valence-corrected chi connectivity index (χ0v) is 13.2. The Balaban J connectivity index is 2.10. The lowest BCUT2D eigenvalue weighted by atomic mass is 9.88. The van der Waals surface area contributed by atoms with Crippen molar-refractivity contribution < 1.29 is 0 Å². The number of hydrogen-bond donors (Lipinski definition) is 1. The van der Waals surface area contributed by atoms with Gasteiger partial charge in [-0.1, -0.05) is 50.7 Å². The number of thioether (sulfide) groups is 1. The lowest BCUT2D eigenvalue weighted by Crippen LogP contribution is -2.40. The van der Waals surface area contributed by atoms with Gasteiger partial charge in [0.25, 0.3) is 0 Å². The topological polar surface area (TPSA) is 55.6 Å². The van der Waals surface area contributed by atoms with Crippen LogP contribution < -0.4 is 5.32 Å². The smallest absolute Gasteiger partial charge is 0.214 e. The van der Waals surface area contributed by atoms with E-state index in [-0.39, 0.29) is 5.41 Å². The second-order valence-corrected chi connectivity index (χ2v) is 6.71. The highest BCUT2D eigenvalue weighted by molar-refractivity contribution is 7.99. The maximum absolute atomic E-state index is 4.12. The summed E-state index contributed by atoms with van der Waals surface area (Å²) in [5, 5.41) is 16.2. The first kappa shape index (κ1) is 15.0. The molecular formula is C14H21N5S. The number of tetrazole rings is 1. The largest absolute Gasteiger partial charge is 0.316 e. The Hall–Kier alpha value is -1.40. The molecule has 0 fully saturated rings. The molecule has 0 saturated heterocycles. The van der Waals surface area contributed by atoms with Gasteiger partial charge in [-0.2, -0.15) is 4.68 Å². The monoisotopic (exact) mass is 291 g/mol. The van der Waals surface area contributed by atoms with Gasteiger partial charge in [0.05, 0.1) is 5.69 Å². The number of para-hydroxylation sites is 1. The van der Waals surface area contributed by atoms with E-state index in [9.17, 15) is 0 Å². The molecule has 0 amide bonds. The molecule has 0 aliphatic heterocycles. The fourth-order valence-corrected chi connectivity index (χ4v) is 3.27. The summed E-state index contributed by atoms with van der Waals surface area (Å²) in [4.78, 5) is 0. The fourth-order valence-electron chi connectivity index (χ4n) is 1.92. The predicted octanol–water partition coefficient (Wildman–Crippen LogP) is 2.39. The van der Waals surface area contributed by atoms with Crippen molar-refractivity contribution >= 4 is 11.8 Å². The molecule has 1 atom stereocenters. The molecule has 0 bridgehead atoms. The first-order chi connectivity index (χ1) is 9.52. The minimum atomic E-state index is 0.201. The molecule has 108 valence electrons. The number of nitrogens with zero attached hydrogens (tertiary/aromatic N) is 4. The van der Waals surface area contributed by atoms with Crippen LogP contribution in [-0.2, 0) is 0 Å². The summed E-state index contributed by atoms with van der Waals surface area (Å²) in [6, 6.07) is 10.3. The van der Waals surface area contributed by atoms with E-state index in [0.717, 1.165) is 16.6 Å². The zero-order chi connectivity index (χ0) is 14.6. The van der Waals surface area contributed by atoms with Gasteiger partial charge in [-0.15, -0.1) is 5.10 Å². The van der Waals surface area contributed by atoms with Crippen LogP contribution in [0.3, 0.4) is 0 Å². The standard InChI is InChI=1S/C14H21N5S/c1-14(2,3)12(15-4)10-20-13-16-17-18-19(13)11-8-6-5-7-9-11/h5-9,12,15H,10H2,1-4H3. The van der Waals surface area contributed by atoms with Gasteiger partial charge >= 0.3 is 0 Å². The lowest BCUT2D eigenvalue weighted by Gasteiger charge is -2.29. The molecule has 2 rings (SSSR count). The van der Waals surface area contributed by atoms with Gasteiger partial charge < -0.3 is 5.32 Å². The first-order valence-electron chi connectivity index (χ1n) is 6.66. The maximum Gasteiger partial charge on any atom is 0.214 e. The van der Waals surface area contributed by atoms with E-state index < -0.39 is 0 Å². The summed E-state index contributed by atoms with van der Waals surface area (Å²) < 4.78 is 1.78. The van der Waals surface area contributed by atoms with E-state index in [1.54, 1.807) is 16.4 Å². The Morgan fingerprint density at radius 3 is 2.55 bits per heavy atom. The van der Waals surface area contributed by atoms with Gasteiger partial charge in [-0.05, 0) is 35.0 Å². The second kappa shape index (κ2) is 6.37. The van der Waals surface area contributed by atoms with Crippen molar-refractivity contribution in [3.63, 3.8) is 0 Å². The minimum Gasteiger partial charge on any atom is -0.316 e. The van der Waals surface area contributed by atoms with Crippen molar-refractivity contribution in [3.05, 3.63) is 30.3 Å². The van der Waals surface area contributed by atoms with Gasteiger partial charge in [0.15, 0.2) is 0 Å². The third kappa shape index (κ3) is 3.58. The molecule has 0 spiro atoms. The molecule has 1 heterocycles. The Labute approximate surface area is 124 Å². The van der Waals surface area contributed by atoms with Gasteiger partial charge in [0.1, 0.15) is 0 Å². The molecule has 0 aliphatic rings. The quantitative estimate of drug-likeness (QED) is 0.857. The van der Waals surface area contributed by atoms with Gasteiger partial charge in [-0.3, -0.25) is 0 Å². The van der Waals surface area contributed by atoms with Crippen LogP contribution in [0.15, 0.2) is 35.5 Å². The number of benzene rings is 1. The van der Waals surface area contributed by atoms with Crippen molar-refractivity contribution in [3.8, 4) is 5.69 Å². The van der Waals surface area contributed by atoms with E-state index in [2.05, 4.69) is 41.6 Å². The SMILES string of the molecule is CNC(CSc1nnnn1-c1ccccc1)C(C)(C)C. The summed E-state index contributed by atoms with van der Waals surface area (Å²) in [5.41, 5.74) is 1.18. The van der Waals surface area contributed by atoms with Gasteiger partial charge in [-0.25, -0.2) is 0 Å². The molecule has 20 heavy (non-hydrogen) atoms. The van der Waals surface area contributed by atoms with Crippen molar-refractivity contribution in [2.75, 3.05) is 12.8 Å². The fraction of sp³-hybridized carbons (Fsp3) is 0.500. The molecule has 1 aromatic heterocycles. The Morgan fingerprint density at radius 2 is 1.95 bits per heavy atom. The van der Waals surface area contributed by atoms with Crippen LogP contribution in [0.1, 0.15) is 20.8 Å². The molecule has 5 nitrogen and oxygen atoms in total. The summed E-state index contributed by atoms with van der Waals surface area (Å²) in [5.74, 6) is 0.924. The number of rotatable bonds is 5. The highest BCUT2D eigenvalue weighted by Crippen LogP contribution is 2.26. The molecule has 0 radical (unpaired) electrons. The molecule has 0 aliphatic carbocycles. The van der Waals surface area contributed by atoms with Crippen molar-refractivity contribution in [2.45, 2.75) is 32.0 Å². The highest BCUT2D eigenvalue weighted by atomic mass is 32.2. The Bertz CT molecular complexity index is 532. The van der Waals surface area contributed by atoms with E-state index in [1.807, 2.05) is 37.4 Å². The number of nitrogens with one attached hydrogen (secondary N) is 1. The molecule has 0 saturated carbocycles.